The lowest BCUT2D eigenvalue weighted by molar-refractivity contribution is -0.113. The van der Waals surface area contributed by atoms with Gasteiger partial charge in [-0.25, -0.2) is 4.98 Å². The number of morpholine rings is 1. The van der Waals surface area contributed by atoms with E-state index in [9.17, 15) is 9.59 Å². The van der Waals surface area contributed by atoms with Crippen LogP contribution in [0.15, 0.2) is 58.5 Å². The zero-order valence-corrected chi connectivity index (χ0v) is 21.1. The van der Waals surface area contributed by atoms with Gasteiger partial charge in [-0.3, -0.25) is 14.2 Å². The standard InChI is InChI=1S/C27H32N4O3S/c1-18-15-30(16-19(2)34-18)21-13-11-20(12-14-21)28-25(32)17-35-27-29-24-10-6-5-9-23(24)26(33)31(27)22-7-3-4-8-22/h5-6,9-14,18-19,22H,3-4,7-8,15-17H2,1-2H3,(H,28,32). The lowest BCUT2D eigenvalue weighted by Crippen LogP contribution is -2.45. The molecule has 3 aromatic rings. The van der Waals surface area contributed by atoms with Crippen LogP contribution in [0.5, 0.6) is 0 Å². The number of para-hydroxylation sites is 1. The third-order valence-corrected chi connectivity index (χ3v) is 7.69. The average Bonchev–Trinajstić information content (AvgIpc) is 3.37. The highest BCUT2D eigenvalue weighted by Crippen LogP contribution is 2.32. The summed E-state index contributed by atoms with van der Waals surface area (Å²) in [5, 5.41) is 4.25. The first kappa shape index (κ1) is 23.9. The van der Waals surface area contributed by atoms with Gasteiger partial charge in [-0.1, -0.05) is 36.7 Å². The van der Waals surface area contributed by atoms with Gasteiger partial charge in [0.2, 0.25) is 5.91 Å². The number of carbonyl (C=O) groups is 1. The van der Waals surface area contributed by atoms with E-state index in [-0.39, 0.29) is 35.5 Å². The molecule has 1 amide bonds. The fraction of sp³-hybridized carbons (Fsp3) is 0.444. The van der Waals surface area contributed by atoms with Crippen molar-refractivity contribution in [2.45, 2.75) is 62.9 Å². The minimum atomic E-state index is -0.114. The van der Waals surface area contributed by atoms with E-state index in [2.05, 4.69) is 24.1 Å². The summed E-state index contributed by atoms with van der Waals surface area (Å²) in [6, 6.07) is 15.6. The van der Waals surface area contributed by atoms with E-state index in [0.717, 1.165) is 50.1 Å². The van der Waals surface area contributed by atoms with Gasteiger partial charge in [0.1, 0.15) is 0 Å². The van der Waals surface area contributed by atoms with Crippen LogP contribution < -0.4 is 15.8 Å². The Hall–Kier alpha value is -2.84. The van der Waals surface area contributed by atoms with Crippen molar-refractivity contribution in [3.05, 3.63) is 58.9 Å². The first-order valence-electron chi connectivity index (χ1n) is 12.4. The van der Waals surface area contributed by atoms with Crippen molar-refractivity contribution in [1.29, 1.82) is 0 Å². The number of ether oxygens (including phenoxy) is 1. The Morgan fingerprint density at radius 3 is 2.46 bits per heavy atom. The maximum atomic E-state index is 13.3. The lowest BCUT2D eigenvalue weighted by Gasteiger charge is -2.36. The number of rotatable bonds is 6. The molecular weight excluding hydrogens is 460 g/mol. The van der Waals surface area contributed by atoms with Gasteiger partial charge in [-0.15, -0.1) is 0 Å². The minimum absolute atomic E-state index is 0.00672. The summed E-state index contributed by atoms with van der Waals surface area (Å²) < 4.78 is 7.65. The monoisotopic (exact) mass is 492 g/mol. The summed E-state index contributed by atoms with van der Waals surface area (Å²) in [5.74, 6) is 0.0781. The molecule has 2 atom stereocenters. The van der Waals surface area contributed by atoms with Crippen LogP contribution in [0.25, 0.3) is 10.9 Å². The fourth-order valence-electron chi connectivity index (χ4n) is 5.18. The van der Waals surface area contributed by atoms with E-state index in [1.807, 2.05) is 53.1 Å². The third-order valence-electron chi connectivity index (χ3n) is 6.73. The number of aromatic nitrogens is 2. The molecular formula is C27H32N4O3S. The molecule has 2 aliphatic rings. The number of amides is 1. The average molecular weight is 493 g/mol. The van der Waals surface area contributed by atoms with E-state index in [4.69, 9.17) is 9.72 Å². The number of nitrogens with one attached hydrogen (secondary N) is 1. The highest BCUT2D eigenvalue weighted by atomic mass is 32.2. The molecule has 1 saturated carbocycles. The maximum absolute atomic E-state index is 13.3. The number of thioether (sulfide) groups is 1. The highest BCUT2D eigenvalue weighted by molar-refractivity contribution is 7.99. The summed E-state index contributed by atoms with van der Waals surface area (Å²) in [6.45, 7) is 5.89. The van der Waals surface area contributed by atoms with Gasteiger partial charge < -0.3 is 15.0 Å². The molecule has 0 radical (unpaired) electrons. The van der Waals surface area contributed by atoms with Gasteiger partial charge in [0.05, 0.1) is 28.9 Å². The molecule has 2 heterocycles. The van der Waals surface area contributed by atoms with Gasteiger partial charge >= 0.3 is 0 Å². The Kier molecular flexibility index (Phi) is 7.11. The molecule has 0 bridgehead atoms. The Labute approximate surface area is 209 Å². The van der Waals surface area contributed by atoms with E-state index in [1.54, 1.807) is 0 Å². The second-order valence-corrected chi connectivity index (χ2v) is 10.5. The van der Waals surface area contributed by atoms with E-state index >= 15 is 0 Å². The molecule has 1 aliphatic carbocycles. The molecule has 184 valence electrons. The molecule has 2 unspecified atom stereocenters. The van der Waals surface area contributed by atoms with Crippen molar-refractivity contribution >= 4 is 39.9 Å². The van der Waals surface area contributed by atoms with Crippen molar-refractivity contribution in [3.8, 4) is 0 Å². The molecule has 7 nitrogen and oxygen atoms in total. The van der Waals surface area contributed by atoms with Crippen molar-refractivity contribution < 1.29 is 9.53 Å². The minimum Gasteiger partial charge on any atom is -0.372 e. The normalized spacial score (nSPS) is 20.9. The second kappa shape index (κ2) is 10.4. The third kappa shape index (κ3) is 5.38. The summed E-state index contributed by atoms with van der Waals surface area (Å²) in [4.78, 5) is 33.1. The molecule has 1 aromatic heterocycles. The van der Waals surface area contributed by atoms with Crippen LogP contribution in [0.4, 0.5) is 11.4 Å². The van der Waals surface area contributed by atoms with Crippen LogP contribution in [-0.4, -0.2) is 46.5 Å². The van der Waals surface area contributed by atoms with Gasteiger partial charge in [-0.05, 0) is 63.1 Å². The Morgan fingerprint density at radius 1 is 1.06 bits per heavy atom. The number of hydrogen-bond acceptors (Lipinski definition) is 6. The molecule has 8 heteroatoms. The molecule has 2 aromatic carbocycles. The summed E-state index contributed by atoms with van der Waals surface area (Å²) in [5.41, 5.74) is 2.55. The Morgan fingerprint density at radius 2 is 1.74 bits per heavy atom. The zero-order chi connectivity index (χ0) is 24.4. The van der Waals surface area contributed by atoms with E-state index < -0.39 is 0 Å². The number of fused-ring (bicyclic) bond motifs is 1. The predicted octanol–water partition coefficient (Wildman–Crippen LogP) is 4.86. The number of benzene rings is 2. The number of anilines is 2. The fourth-order valence-corrected chi connectivity index (χ4v) is 6.05. The van der Waals surface area contributed by atoms with Crippen molar-refractivity contribution in [3.63, 3.8) is 0 Å². The van der Waals surface area contributed by atoms with E-state index in [0.29, 0.717) is 16.1 Å². The maximum Gasteiger partial charge on any atom is 0.262 e. The van der Waals surface area contributed by atoms with Gasteiger partial charge in [0, 0.05) is 30.5 Å². The number of carbonyl (C=O) groups excluding carboxylic acids is 1. The quantitative estimate of drug-likeness (QED) is 0.391. The summed E-state index contributed by atoms with van der Waals surface area (Å²) in [7, 11) is 0. The van der Waals surface area contributed by atoms with Crippen molar-refractivity contribution in [1.82, 2.24) is 9.55 Å². The largest absolute Gasteiger partial charge is 0.372 e. The molecule has 1 N–H and O–H groups in total. The van der Waals surface area contributed by atoms with Crippen molar-refractivity contribution in [2.24, 2.45) is 0 Å². The molecule has 5 rings (SSSR count). The van der Waals surface area contributed by atoms with Crippen LogP contribution in [0, 0.1) is 0 Å². The molecule has 35 heavy (non-hydrogen) atoms. The summed E-state index contributed by atoms with van der Waals surface area (Å²) >= 11 is 1.33. The first-order valence-corrected chi connectivity index (χ1v) is 13.4. The molecule has 2 fully saturated rings. The lowest BCUT2D eigenvalue weighted by atomic mass is 10.2. The van der Waals surface area contributed by atoms with Crippen LogP contribution in [0.3, 0.4) is 0 Å². The molecule has 1 aliphatic heterocycles. The SMILES string of the molecule is CC1CN(c2ccc(NC(=O)CSc3nc4ccccc4c(=O)n3C3CCCC3)cc2)CC(C)O1. The van der Waals surface area contributed by atoms with Gasteiger partial charge in [0.15, 0.2) is 5.16 Å². The van der Waals surface area contributed by atoms with Gasteiger partial charge in [-0.2, -0.15) is 0 Å². The highest BCUT2D eigenvalue weighted by Gasteiger charge is 2.24. The smallest absolute Gasteiger partial charge is 0.262 e. The topological polar surface area (TPSA) is 76.5 Å². The van der Waals surface area contributed by atoms with Gasteiger partial charge in [0.25, 0.3) is 5.56 Å². The number of hydrogen-bond donors (Lipinski definition) is 1. The van der Waals surface area contributed by atoms with Crippen LogP contribution in [0.2, 0.25) is 0 Å². The number of nitrogens with zero attached hydrogens (tertiary/aromatic N) is 3. The van der Waals surface area contributed by atoms with Crippen LogP contribution >= 0.6 is 11.8 Å². The van der Waals surface area contributed by atoms with E-state index in [1.165, 1.54) is 11.8 Å². The Balaban J connectivity index is 1.27. The van der Waals surface area contributed by atoms with Crippen molar-refractivity contribution in [2.75, 3.05) is 29.1 Å². The van der Waals surface area contributed by atoms with Crippen LogP contribution in [0.1, 0.15) is 45.6 Å². The van der Waals surface area contributed by atoms with Crippen LogP contribution in [-0.2, 0) is 9.53 Å². The molecule has 0 spiro atoms. The second-order valence-electron chi connectivity index (χ2n) is 9.57. The predicted molar refractivity (Wildman–Crippen MR) is 142 cm³/mol. The molecule has 1 saturated heterocycles. The Bertz CT molecular complexity index is 1240. The summed E-state index contributed by atoms with van der Waals surface area (Å²) in [6.07, 6.45) is 4.58. The first-order chi connectivity index (χ1) is 17.0. The zero-order valence-electron chi connectivity index (χ0n) is 20.3.